The fourth-order valence-electron chi connectivity index (χ4n) is 5.06. The average molecular weight is 498 g/mol. The van der Waals surface area contributed by atoms with E-state index in [4.69, 9.17) is 4.74 Å². The number of amides is 2. The summed E-state index contributed by atoms with van der Waals surface area (Å²) >= 11 is 0. The molecule has 0 bridgehead atoms. The Morgan fingerprint density at radius 1 is 0.972 bits per heavy atom. The molecule has 1 aromatic carbocycles. The SMILES string of the molecule is O=C(NCCc1cccc(F)c1)c1cn(C[C@H]2CCCO2)cc(C(=O)NC2CCCCCCC2)c1=O. The van der Waals surface area contributed by atoms with Crippen molar-refractivity contribution in [3.8, 4) is 0 Å². The Labute approximate surface area is 211 Å². The van der Waals surface area contributed by atoms with Crippen molar-refractivity contribution in [2.24, 2.45) is 0 Å². The van der Waals surface area contributed by atoms with E-state index in [2.05, 4.69) is 10.6 Å². The van der Waals surface area contributed by atoms with Crippen LogP contribution in [0.5, 0.6) is 0 Å². The van der Waals surface area contributed by atoms with Crippen LogP contribution in [-0.4, -0.2) is 41.7 Å². The minimum atomic E-state index is -0.579. The number of carbonyl (C=O) groups excluding carboxylic acids is 2. The van der Waals surface area contributed by atoms with Gasteiger partial charge in [0.05, 0.1) is 6.10 Å². The maximum atomic E-state index is 13.4. The molecule has 8 heteroatoms. The van der Waals surface area contributed by atoms with Gasteiger partial charge in [-0.05, 0) is 49.8 Å². The van der Waals surface area contributed by atoms with E-state index < -0.39 is 17.2 Å². The molecule has 1 saturated heterocycles. The molecule has 2 N–H and O–H groups in total. The number of pyridine rings is 1. The van der Waals surface area contributed by atoms with Crippen LogP contribution in [0.15, 0.2) is 41.5 Å². The van der Waals surface area contributed by atoms with Crippen molar-refractivity contribution in [3.05, 3.63) is 69.4 Å². The van der Waals surface area contributed by atoms with Crippen LogP contribution in [0.2, 0.25) is 0 Å². The second kappa shape index (κ2) is 12.8. The van der Waals surface area contributed by atoms with Crippen LogP contribution in [0, 0.1) is 5.82 Å². The molecular weight excluding hydrogens is 461 g/mol. The predicted molar refractivity (Wildman–Crippen MR) is 136 cm³/mol. The van der Waals surface area contributed by atoms with Gasteiger partial charge in [0.25, 0.3) is 11.8 Å². The summed E-state index contributed by atoms with van der Waals surface area (Å²) in [4.78, 5) is 39.5. The molecule has 2 heterocycles. The zero-order valence-corrected chi connectivity index (χ0v) is 20.8. The molecule has 36 heavy (non-hydrogen) atoms. The molecule has 7 nitrogen and oxygen atoms in total. The van der Waals surface area contributed by atoms with Gasteiger partial charge in [-0.1, -0.05) is 44.2 Å². The fraction of sp³-hybridized carbons (Fsp3) is 0.536. The van der Waals surface area contributed by atoms with E-state index in [9.17, 15) is 18.8 Å². The third-order valence-corrected chi connectivity index (χ3v) is 7.04. The molecule has 1 aliphatic carbocycles. The maximum Gasteiger partial charge on any atom is 0.256 e. The van der Waals surface area contributed by atoms with Crippen molar-refractivity contribution in [3.63, 3.8) is 0 Å². The Kier molecular flexibility index (Phi) is 9.28. The first-order valence-corrected chi connectivity index (χ1v) is 13.2. The van der Waals surface area contributed by atoms with E-state index >= 15 is 0 Å². The van der Waals surface area contributed by atoms with Crippen LogP contribution in [0.4, 0.5) is 4.39 Å². The van der Waals surface area contributed by atoms with Gasteiger partial charge in [-0.2, -0.15) is 0 Å². The van der Waals surface area contributed by atoms with Crippen molar-refractivity contribution >= 4 is 11.8 Å². The molecular formula is C28H36FN3O4. The summed E-state index contributed by atoms with van der Waals surface area (Å²) in [6.45, 7) is 1.40. The zero-order chi connectivity index (χ0) is 25.3. The van der Waals surface area contributed by atoms with Crippen LogP contribution in [0.3, 0.4) is 0 Å². The molecule has 0 radical (unpaired) electrons. The Balaban J connectivity index is 1.50. The summed E-state index contributed by atoms with van der Waals surface area (Å²) in [6.07, 6.45) is 12.8. The first kappa shape index (κ1) is 26.1. The minimum absolute atomic E-state index is 0.0158. The topological polar surface area (TPSA) is 89.4 Å². The second-order valence-corrected chi connectivity index (χ2v) is 9.90. The highest BCUT2D eigenvalue weighted by atomic mass is 19.1. The Hall–Kier alpha value is -3.00. The number of nitrogens with zero attached hydrogens (tertiary/aromatic N) is 1. The number of halogens is 1. The second-order valence-electron chi connectivity index (χ2n) is 9.90. The van der Waals surface area contributed by atoms with Crippen molar-refractivity contribution in [1.82, 2.24) is 15.2 Å². The standard InChI is InChI=1S/C28H36FN3O4/c29-21-9-6-8-20(16-21)13-14-30-27(34)24-18-32(17-23-12-7-15-36-23)19-25(26(24)33)28(35)31-22-10-4-2-1-3-5-11-22/h6,8-9,16,18-19,22-23H,1-5,7,10-15,17H2,(H,30,34)(H,31,35)/t23-/m1/s1. The number of carbonyl (C=O) groups is 2. The number of aromatic nitrogens is 1. The van der Waals surface area contributed by atoms with Gasteiger partial charge < -0.3 is 19.9 Å². The van der Waals surface area contributed by atoms with Gasteiger partial charge in [0.2, 0.25) is 5.43 Å². The van der Waals surface area contributed by atoms with Crippen LogP contribution in [0.25, 0.3) is 0 Å². The summed E-state index contributed by atoms with van der Waals surface area (Å²) < 4.78 is 20.9. The first-order valence-electron chi connectivity index (χ1n) is 13.2. The number of hydrogen-bond acceptors (Lipinski definition) is 4. The zero-order valence-electron chi connectivity index (χ0n) is 20.8. The molecule has 1 aromatic heterocycles. The molecule has 2 aromatic rings. The molecule has 1 atom stereocenters. The highest BCUT2D eigenvalue weighted by Gasteiger charge is 2.23. The summed E-state index contributed by atoms with van der Waals surface area (Å²) in [5, 5.41) is 5.80. The third kappa shape index (κ3) is 7.26. The number of rotatable bonds is 8. The van der Waals surface area contributed by atoms with Crippen LogP contribution in [-0.2, 0) is 17.7 Å². The average Bonchev–Trinajstić information content (AvgIpc) is 3.34. The number of ether oxygens (including phenoxy) is 1. The Bertz CT molecular complexity index is 1100. The molecule has 0 unspecified atom stereocenters. The van der Waals surface area contributed by atoms with Crippen LogP contribution < -0.4 is 16.1 Å². The highest BCUT2D eigenvalue weighted by Crippen LogP contribution is 2.18. The van der Waals surface area contributed by atoms with E-state index in [0.29, 0.717) is 19.6 Å². The van der Waals surface area contributed by atoms with Gasteiger partial charge >= 0.3 is 0 Å². The van der Waals surface area contributed by atoms with E-state index in [0.717, 1.165) is 56.9 Å². The lowest BCUT2D eigenvalue weighted by Crippen LogP contribution is -2.40. The highest BCUT2D eigenvalue weighted by molar-refractivity contribution is 5.99. The molecule has 1 aliphatic heterocycles. The quantitative estimate of drug-likeness (QED) is 0.577. The largest absolute Gasteiger partial charge is 0.376 e. The Morgan fingerprint density at radius 2 is 1.69 bits per heavy atom. The molecule has 4 rings (SSSR count). The van der Waals surface area contributed by atoms with Gasteiger partial charge in [0, 0.05) is 38.1 Å². The van der Waals surface area contributed by atoms with E-state index in [1.54, 1.807) is 22.9 Å². The van der Waals surface area contributed by atoms with Gasteiger partial charge in [-0.3, -0.25) is 14.4 Å². The van der Waals surface area contributed by atoms with Gasteiger partial charge in [-0.25, -0.2) is 4.39 Å². The first-order chi connectivity index (χ1) is 17.5. The van der Waals surface area contributed by atoms with Crippen molar-refractivity contribution in [2.45, 2.75) is 82.9 Å². The lowest BCUT2D eigenvalue weighted by molar-refractivity contribution is 0.0914. The summed E-state index contributed by atoms with van der Waals surface area (Å²) in [5.41, 5.74) is 0.0778. The van der Waals surface area contributed by atoms with Crippen LogP contribution in [0.1, 0.15) is 84.1 Å². The monoisotopic (exact) mass is 497 g/mol. The van der Waals surface area contributed by atoms with Crippen LogP contribution >= 0.6 is 0 Å². The lowest BCUT2D eigenvalue weighted by Gasteiger charge is -2.21. The summed E-state index contributed by atoms with van der Waals surface area (Å²) in [5.74, 6) is -1.31. The number of nitrogens with one attached hydrogen (secondary N) is 2. The fourth-order valence-corrected chi connectivity index (χ4v) is 5.06. The van der Waals surface area contributed by atoms with E-state index in [1.807, 2.05) is 0 Å². The van der Waals surface area contributed by atoms with Gasteiger partial charge in [0.1, 0.15) is 16.9 Å². The maximum absolute atomic E-state index is 13.4. The lowest BCUT2D eigenvalue weighted by atomic mass is 9.96. The number of hydrogen-bond donors (Lipinski definition) is 2. The minimum Gasteiger partial charge on any atom is -0.376 e. The summed E-state index contributed by atoms with van der Waals surface area (Å²) in [7, 11) is 0. The molecule has 194 valence electrons. The van der Waals surface area contributed by atoms with E-state index in [1.165, 1.54) is 24.8 Å². The molecule has 1 saturated carbocycles. The smallest absolute Gasteiger partial charge is 0.256 e. The molecule has 2 fully saturated rings. The van der Waals surface area contributed by atoms with Crippen molar-refractivity contribution in [2.75, 3.05) is 13.2 Å². The normalized spacial score (nSPS) is 18.9. The summed E-state index contributed by atoms with van der Waals surface area (Å²) in [6, 6.07) is 6.22. The third-order valence-electron chi connectivity index (χ3n) is 7.04. The van der Waals surface area contributed by atoms with Crippen molar-refractivity contribution < 1.29 is 18.7 Å². The predicted octanol–water partition coefficient (Wildman–Crippen LogP) is 3.98. The Morgan fingerprint density at radius 3 is 2.39 bits per heavy atom. The molecule has 2 amide bonds. The van der Waals surface area contributed by atoms with E-state index in [-0.39, 0.29) is 35.6 Å². The van der Waals surface area contributed by atoms with Crippen molar-refractivity contribution in [1.29, 1.82) is 0 Å². The molecule has 2 aliphatic rings. The van der Waals surface area contributed by atoms with Gasteiger partial charge in [0.15, 0.2) is 0 Å². The molecule has 0 spiro atoms. The van der Waals surface area contributed by atoms with Gasteiger partial charge in [-0.15, -0.1) is 0 Å². The number of benzene rings is 1.